The van der Waals surface area contributed by atoms with E-state index < -0.39 is 11.7 Å². The summed E-state index contributed by atoms with van der Waals surface area (Å²) in [5.74, 6) is 0. The van der Waals surface area contributed by atoms with E-state index in [1.807, 2.05) is 0 Å². The average Bonchev–Trinajstić information content (AvgIpc) is 2.70. The number of hydrogen-bond donors (Lipinski definition) is 1. The van der Waals surface area contributed by atoms with Crippen LogP contribution in [-0.2, 0) is 19.8 Å². The Morgan fingerprint density at radius 3 is 2.47 bits per heavy atom. The number of imidazole rings is 1. The first-order valence-corrected chi connectivity index (χ1v) is 6.06. The minimum absolute atomic E-state index is 0.148. The van der Waals surface area contributed by atoms with Crippen molar-refractivity contribution >= 4 is 11.8 Å². The smallest absolute Gasteiger partial charge is 0.390 e. The largest absolute Gasteiger partial charge is 0.417 e. The third-order valence-corrected chi connectivity index (χ3v) is 3.48. The number of rotatable bonds is 3. The zero-order valence-corrected chi connectivity index (χ0v) is 10.7. The summed E-state index contributed by atoms with van der Waals surface area (Å²) in [6.07, 6.45) is -2.09. The van der Waals surface area contributed by atoms with Crippen LogP contribution in [0.5, 0.6) is 0 Å². The highest BCUT2D eigenvalue weighted by Crippen LogP contribution is 2.31. The zero-order chi connectivity index (χ0) is 14.0. The van der Waals surface area contributed by atoms with Crippen LogP contribution in [-0.4, -0.2) is 19.6 Å². The molecule has 19 heavy (non-hydrogen) atoms. The summed E-state index contributed by atoms with van der Waals surface area (Å²) in [7, 11) is 1.71. The van der Waals surface area contributed by atoms with Gasteiger partial charge in [0.05, 0.1) is 24.1 Å². The molecular formula is C11H10F3N3OS. The number of hydrogen-bond acceptors (Lipinski definition) is 4. The van der Waals surface area contributed by atoms with Gasteiger partial charge in [-0.25, -0.2) is 9.97 Å². The molecule has 0 aliphatic rings. The Bertz CT molecular complexity index is 566. The zero-order valence-electron chi connectivity index (χ0n) is 9.85. The molecule has 0 saturated heterocycles. The molecule has 0 amide bonds. The predicted molar refractivity (Wildman–Crippen MR) is 62.5 cm³/mol. The van der Waals surface area contributed by atoms with E-state index in [1.165, 1.54) is 12.3 Å². The van der Waals surface area contributed by atoms with Crippen LogP contribution < -0.4 is 0 Å². The van der Waals surface area contributed by atoms with Gasteiger partial charge in [-0.3, -0.25) is 0 Å². The van der Waals surface area contributed by atoms with E-state index in [4.69, 9.17) is 5.11 Å². The quantitative estimate of drug-likeness (QED) is 0.943. The standard InChI is InChI=1S/C11H10F3N3OS/c1-17-8(6-18)5-16-10(17)19-9-3-2-7(4-15-9)11(12,13)14/h2-5,18H,6H2,1H3. The molecular weight excluding hydrogens is 279 g/mol. The molecule has 0 bridgehead atoms. The molecule has 0 spiro atoms. The summed E-state index contributed by atoms with van der Waals surface area (Å²) in [5.41, 5.74) is -0.165. The number of halogens is 3. The van der Waals surface area contributed by atoms with Gasteiger partial charge in [0, 0.05) is 13.2 Å². The molecule has 0 atom stereocenters. The van der Waals surface area contributed by atoms with E-state index in [1.54, 1.807) is 11.6 Å². The van der Waals surface area contributed by atoms with Crippen molar-refractivity contribution in [2.45, 2.75) is 23.0 Å². The number of pyridine rings is 1. The maximum absolute atomic E-state index is 12.4. The van der Waals surface area contributed by atoms with Crippen molar-refractivity contribution in [2.24, 2.45) is 7.05 Å². The van der Waals surface area contributed by atoms with Crippen molar-refractivity contribution in [2.75, 3.05) is 0 Å². The average molecular weight is 289 g/mol. The lowest BCUT2D eigenvalue weighted by Crippen LogP contribution is -2.05. The Labute approximate surface area is 111 Å². The molecule has 102 valence electrons. The summed E-state index contributed by atoms with van der Waals surface area (Å²) in [5, 5.41) is 9.97. The molecule has 8 heteroatoms. The maximum atomic E-state index is 12.4. The Hall–Kier alpha value is -1.54. The van der Waals surface area contributed by atoms with Crippen LogP contribution in [0.25, 0.3) is 0 Å². The molecule has 1 N–H and O–H groups in total. The van der Waals surface area contributed by atoms with E-state index >= 15 is 0 Å². The summed E-state index contributed by atoms with van der Waals surface area (Å²) in [6.45, 7) is -0.148. The van der Waals surface area contributed by atoms with Crippen molar-refractivity contribution in [3.8, 4) is 0 Å². The molecule has 2 aromatic heterocycles. The van der Waals surface area contributed by atoms with E-state index in [0.717, 1.165) is 24.0 Å². The van der Waals surface area contributed by atoms with Gasteiger partial charge in [0.2, 0.25) is 0 Å². The lowest BCUT2D eigenvalue weighted by molar-refractivity contribution is -0.137. The van der Waals surface area contributed by atoms with Gasteiger partial charge in [0.25, 0.3) is 0 Å². The van der Waals surface area contributed by atoms with Gasteiger partial charge in [0.15, 0.2) is 5.16 Å². The van der Waals surface area contributed by atoms with Crippen LogP contribution in [0.15, 0.2) is 34.7 Å². The Kier molecular flexibility index (Phi) is 3.81. The topological polar surface area (TPSA) is 50.9 Å². The Morgan fingerprint density at radius 2 is 2.00 bits per heavy atom. The van der Waals surface area contributed by atoms with Gasteiger partial charge in [-0.2, -0.15) is 13.2 Å². The van der Waals surface area contributed by atoms with Gasteiger partial charge < -0.3 is 9.67 Å². The molecule has 2 rings (SSSR count). The lowest BCUT2D eigenvalue weighted by atomic mass is 10.3. The number of alkyl halides is 3. The van der Waals surface area contributed by atoms with Gasteiger partial charge in [-0.15, -0.1) is 0 Å². The highest BCUT2D eigenvalue weighted by atomic mass is 32.2. The van der Waals surface area contributed by atoms with Gasteiger partial charge in [-0.05, 0) is 23.9 Å². The number of aromatic nitrogens is 3. The minimum atomic E-state index is -4.39. The van der Waals surface area contributed by atoms with Crippen LogP contribution in [0.3, 0.4) is 0 Å². The second-order valence-electron chi connectivity index (χ2n) is 3.73. The van der Waals surface area contributed by atoms with E-state index in [-0.39, 0.29) is 6.61 Å². The number of aliphatic hydroxyl groups is 1. The highest BCUT2D eigenvalue weighted by Gasteiger charge is 2.30. The predicted octanol–water partition coefficient (Wildman–Crippen LogP) is 2.48. The first-order chi connectivity index (χ1) is 8.91. The van der Waals surface area contributed by atoms with Crippen LogP contribution in [0.4, 0.5) is 13.2 Å². The fourth-order valence-electron chi connectivity index (χ4n) is 1.37. The van der Waals surface area contributed by atoms with Crippen LogP contribution in [0.2, 0.25) is 0 Å². The Balaban J connectivity index is 2.17. The molecule has 0 aromatic carbocycles. The molecule has 0 fully saturated rings. The third kappa shape index (κ3) is 3.07. The number of nitrogens with zero attached hydrogens (tertiary/aromatic N) is 3. The first-order valence-electron chi connectivity index (χ1n) is 5.24. The molecule has 2 aromatic rings. The highest BCUT2D eigenvalue weighted by molar-refractivity contribution is 7.99. The summed E-state index contributed by atoms with van der Waals surface area (Å²) >= 11 is 1.13. The molecule has 0 radical (unpaired) electrons. The molecule has 0 unspecified atom stereocenters. The second-order valence-corrected chi connectivity index (χ2v) is 4.72. The van der Waals surface area contributed by atoms with E-state index in [0.29, 0.717) is 15.9 Å². The van der Waals surface area contributed by atoms with E-state index in [2.05, 4.69) is 9.97 Å². The maximum Gasteiger partial charge on any atom is 0.417 e. The fraction of sp³-hybridized carbons (Fsp3) is 0.273. The van der Waals surface area contributed by atoms with Crippen LogP contribution in [0.1, 0.15) is 11.3 Å². The summed E-state index contributed by atoms with van der Waals surface area (Å²) in [4.78, 5) is 7.80. The van der Waals surface area contributed by atoms with Gasteiger partial charge in [0.1, 0.15) is 5.03 Å². The SMILES string of the molecule is Cn1c(CO)cnc1Sc1ccc(C(F)(F)F)cn1. The van der Waals surface area contributed by atoms with Crippen LogP contribution in [0, 0.1) is 0 Å². The Morgan fingerprint density at radius 1 is 1.26 bits per heavy atom. The monoisotopic (exact) mass is 289 g/mol. The normalized spacial score (nSPS) is 11.8. The van der Waals surface area contributed by atoms with Crippen molar-refractivity contribution in [1.82, 2.24) is 14.5 Å². The minimum Gasteiger partial charge on any atom is -0.390 e. The first kappa shape index (κ1) is 13.9. The summed E-state index contributed by atoms with van der Waals surface area (Å²) in [6, 6.07) is 2.27. The molecule has 0 aliphatic carbocycles. The third-order valence-electron chi connectivity index (χ3n) is 2.46. The van der Waals surface area contributed by atoms with Crippen molar-refractivity contribution in [3.05, 3.63) is 35.8 Å². The van der Waals surface area contributed by atoms with Gasteiger partial charge >= 0.3 is 6.18 Å². The molecule has 2 heterocycles. The summed E-state index contributed by atoms with van der Waals surface area (Å²) < 4.78 is 38.8. The molecule has 0 aliphatic heterocycles. The molecule has 0 saturated carbocycles. The van der Waals surface area contributed by atoms with Crippen molar-refractivity contribution < 1.29 is 18.3 Å². The van der Waals surface area contributed by atoms with Gasteiger partial charge in [-0.1, -0.05) is 0 Å². The van der Waals surface area contributed by atoms with E-state index in [9.17, 15) is 13.2 Å². The van der Waals surface area contributed by atoms with Crippen molar-refractivity contribution in [1.29, 1.82) is 0 Å². The van der Waals surface area contributed by atoms with Crippen molar-refractivity contribution in [3.63, 3.8) is 0 Å². The second kappa shape index (κ2) is 5.22. The lowest BCUT2D eigenvalue weighted by Gasteiger charge is -2.07. The molecule has 4 nitrogen and oxygen atoms in total. The number of aliphatic hydroxyl groups excluding tert-OH is 1. The fourth-order valence-corrected chi connectivity index (χ4v) is 2.16. The van der Waals surface area contributed by atoms with Crippen LogP contribution >= 0.6 is 11.8 Å².